The molecule has 1 saturated heterocycles. The van der Waals surface area contributed by atoms with E-state index in [9.17, 15) is 4.79 Å². The third-order valence-electron chi connectivity index (χ3n) is 3.65. The van der Waals surface area contributed by atoms with Crippen molar-refractivity contribution in [2.75, 3.05) is 13.2 Å². The van der Waals surface area contributed by atoms with E-state index in [1.807, 2.05) is 24.3 Å². The molecule has 2 aliphatic rings. The quantitative estimate of drug-likeness (QED) is 0.856. The van der Waals surface area contributed by atoms with Gasteiger partial charge in [0.2, 0.25) is 0 Å². The average Bonchev–Trinajstić information content (AvgIpc) is 2.75. The molecule has 1 unspecified atom stereocenters. The number of nitrogens with one attached hydrogen (secondary N) is 2. The van der Waals surface area contributed by atoms with E-state index in [2.05, 4.69) is 29.5 Å². The Labute approximate surface area is 118 Å². The predicted molar refractivity (Wildman–Crippen MR) is 76.7 cm³/mol. The van der Waals surface area contributed by atoms with Gasteiger partial charge >= 0.3 is 0 Å². The fraction of sp³-hybridized carbons (Fsp3) is 0.467. The maximum atomic E-state index is 12.5. The van der Waals surface area contributed by atoms with Crippen molar-refractivity contribution in [3.8, 4) is 5.75 Å². The lowest BCUT2D eigenvalue weighted by Gasteiger charge is -2.32. The van der Waals surface area contributed by atoms with E-state index in [1.54, 1.807) is 0 Å². The van der Waals surface area contributed by atoms with Gasteiger partial charge < -0.3 is 10.1 Å². The second-order valence-electron chi connectivity index (χ2n) is 5.66. The average molecular weight is 273 g/mol. The molecule has 0 bridgehead atoms. The summed E-state index contributed by atoms with van der Waals surface area (Å²) >= 11 is 0. The summed E-state index contributed by atoms with van der Waals surface area (Å²) in [6.45, 7) is 5.41. The normalized spacial score (nSPS) is 26.4. The number of carbonyl (C=O) groups is 1. The van der Waals surface area contributed by atoms with Crippen LogP contribution in [0.2, 0.25) is 0 Å². The van der Waals surface area contributed by atoms with Gasteiger partial charge in [0.1, 0.15) is 5.75 Å². The highest BCUT2D eigenvalue weighted by Crippen LogP contribution is 2.38. The van der Waals surface area contributed by atoms with E-state index in [0.717, 1.165) is 11.3 Å². The predicted octanol–water partition coefficient (Wildman–Crippen LogP) is 1.40. The van der Waals surface area contributed by atoms with Gasteiger partial charge in [-0.25, -0.2) is 0 Å². The summed E-state index contributed by atoms with van der Waals surface area (Å²) in [6, 6.07) is 7.67. The van der Waals surface area contributed by atoms with Crippen molar-refractivity contribution in [1.29, 1.82) is 0 Å². The largest absolute Gasteiger partial charge is 0.493 e. The van der Waals surface area contributed by atoms with Gasteiger partial charge in [0.15, 0.2) is 11.5 Å². The molecule has 3 rings (SSSR count). The molecule has 2 aliphatic heterocycles. The number of hydrogen-bond acceptors (Lipinski definition) is 3. The smallest absolute Gasteiger partial charge is 0.257 e. The van der Waals surface area contributed by atoms with Crippen LogP contribution in [0.1, 0.15) is 25.8 Å². The van der Waals surface area contributed by atoms with Crippen LogP contribution in [0.3, 0.4) is 0 Å². The molecule has 0 aromatic heterocycles. The number of benzene rings is 1. The fourth-order valence-electron chi connectivity index (χ4n) is 2.62. The van der Waals surface area contributed by atoms with Crippen LogP contribution in [-0.2, 0) is 10.3 Å². The van der Waals surface area contributed by atoms with Crippen molar-refractivity contribution in [3.63, 3.8) is 0 Å². The molecular formula is C15H19N3O2. The summed E-state index contributed by atoms with van der Waals surface area (Å²) in [6.07, 6.45) is 0.608. The van der Waals surface area contributed by atoms with Crippen molar-refractivity contribution in [3.05, 3.63) is 29.8 Å². The molecule has 2 heterocycles. The van der Waals surface area contributed by atoms with Crippen molar-refractivity contribution in [2.24, 2.45) is 10.9 Å². The summed E-state index contributed by atoms with van der Waals surface area (Å²) in [5.41, 5.74) is 0.156. The van der Waals surface area contributed by atoms with Crippen LogP contribution in [-0.4, -0.2) is 25.0 Å². The summed E-state index contributed by atoms with van der Waals surface area (Å²) in [5, 5.41) is 6.13. The molecule has 2 N–H and O–H groups in total. The lowest BCUT2D eigenvalue weighted by Crippen LogP contribution is -2.47. The van der Waals surface area contributed by atoms with Gasteiger partial charge in [-0.15, -0.1) is 0 Å². The minimum absolute atomic E-state index is 0.0456. The van der Waals surface area contributed by atoms with Crippen LogP contribution in [0.15, 0.2) is 29.3 Å². The minimum atomic E-state index is -0.731. The Morgan fingerprint density at radius 3 is 3.00 bits per heavy atom. The molecule has 1 fully saturated rings. The molecule has 5 heteroatoms. The number of nitrogens with zero attached hydrogens (tertiary/aromatic N) is 1. The van der Waals surface area contributed by atoms with Gasteiger partial charge in [-0.2, -0.15) is 0 Å². The molecule has 1 aromatic rings. The maximum Gasteiger partial charge on any atom is 0.257 e. The minimum Gasteiger partial charge on any atom is -0.493 e. The first-order valence-electron chi connectivity index (χ1n) is 6.98. The molecule has 1 atom stereocenters. The number of guanidine groups is 1. The van der Waals surface area contributed by atoms with Crippen LogP contribution < -0.4 is 15.4 Å². The maximum absolute atomic E-state index is 12.5. The Bertz CT molecular complexity index is 568. The monoisotopic (exact) mass is 273 g/mol. The molecule has 1 spiro atoms. The van der Waals surface area contributed by atoms with Crippen LogP contribution in [0.5, 0.6) is 5.75 Å². The van der Waals surface area contributed by atoms with Gasteiger partial charge in [0.05, 0.1) is 6.61 Å². The van der Waals surface area contributed by atoms with Crippen LogP contribution >= 0.6 is 0 Å². The van der Waals surface area contributed by atoms with Crippen molar-refractivity contribution in [2.45, 2.75) is 25.8 Å². The van der Waals surface area contributed by atoms with E-state index < -0.39 is 5.54 Å². The molecule has 0 saturated carbocycles. The number of aliphatic imine (C=N–C) groups is 1. The van der Waals surface area contributed by atoms with Crippen LogP contribution in [0.25, 0.3) is 0 Å². The zero-order chi connectivity index (χ0) is 14.2. The number of carbonyl (C=O) groups excluding carboxylic acids is 1. The Hall–Kier alpha value is -2.04. The fourth-order valence-corrected chi connectivity index (χ4v) is 2.62. The molecular weight excluding hydrogens is 254 g/mol. The summed E-state index contributed by atoms with van der Waals surface area (Å²) in [5.74, 6) is 1.75. The topological polar surface area (TPSA) is 62.7 Å². The zero-order valence-electron chi connectivity index (χ0n) is 11.8. The highest BCUT2D eigenvalue weighted by molar-refractivity contribution is 6.09. The van der Waals surface area contributed by atoms with Gasteiger partial charge in [-0.3, -0.25) is 15.1 Å². The Balaban J connectivity index is 1.94. The lowest BCUT2D eigenvalue weighted by atomic mass is 9.85. The van der Waals surface area contributed by atoms with Gasteiger partial charge in [0, 0.05) is 18.5 Å². The van der Waals surface area contributed by atoms with E-state index in [-0.39, 0.29) is 5.91 Å². The number of hydrogen-bond donors (Lipinski definition) is 2. The molecule has 5 nitrogen and oxygen atoms in total. The van der Waals surface area contributed by atoms with E-state index in [0.29, 0.717) is 31.4 Å². The second-order valence-corrected chi connectivity index (χ2v) is 5.66. The Morgan fingerprint density at radius 1 is 1.40 bits per heavy atom. The second kappa shape index (κ2) is 4.81. The molecule has 106 valence electrons. The summed E-state index contributed by atoms with van der Waals surface area (Å²) in [4.78, 5) is 16.9. The first kappa shape index (κ1) is 13.0. The molecule has 20 heavy (non-hydrogen) atoms. The van der Waals surface area contributed by atoms with Crippen LogP contribution in [0.4, 0.5) is 0 Å². The lowest BCUT2D eigenvalue weighted by molar-refractivity contribution is -0.125. The number of rotatable bonds is 2. The van der Waals surface area contributed by atoms with Gasteiger partial charge in [-0.05, 0) is 12.0 Å². The number of amides is 1. The highest BCUT2D eigenvalue weighted by atomic mass is 16.5. The third kappa shape index (κ3) is 2.03. The first-order valence-corrected chi connectivity index (χ1v) is 6.98. The van der Waals surface area contributed by atoms with Crippen molar-refractivity contribution >= 4 is 11.9 Å². The SMILES string of the molecule is CC(C)CN=C1NC(=O)C2(CCOc3ccccc32)N1. The van der Waals surface area contributed by atoms with E-state index in [1.165, 1.54) is 0 Å². The standard InChI is InChI=1S/C15H19N3O2/c1-10(2)9-16-14-17-13(19)15(18-14)7-8-20-12-6-4-3-5-11(12)15/h3-6,10H,7-9H2,1-2H3,(H2,16,17,18,19). The van der Waals surface area contributed by atoms with E-state index >= 15 is 0 Å². The van der Waals surface area contributed by atoms with Crippen molar-refractivity contribution < 1.29 is 9.53 Å². The highest BCUT2D eigenvalue weighted by Gasteiger charge is 2.49. The van der Waals surface area contributed by atoms with Gasteiger partial charge in [0.25, 0.3) is 5.91 Å². The molecule has 1 aromatic carbocycles. The summed E-state index contributed by atoms with van der Waals surface area (Å²) < 4.78 is 5.63. The molecule has 0 aliphatic carbocycles. The number of ether oxygens (including phenoxy) is 1. The van der Waals surface area contributed by atoms with Crippen molar-refractivity contribution in [1.82, 2.24) is 10.6 Å². The molecule has 1 amide bonds. The van der Waals surface area contributed by atoms with Gasteiger partial charge in [-0.1, -0.05) is 32.0 Å². The Kier molecular flexibility index (Phi) is 3.12. The summed E-state index contributed by atoms with van der Waals surface area (Å²) in [7, 11) is 0. The zero-order valence-corrected chi connectivity index (χ0v) is 11.8. The molecule has 0 radical (unpaired) electrons. The van der Waals surface area contributed by atoms with Crippen LogP contribution in [0, 0.1) is 5.92 Å². The Morgan fingerprint density at radius 2 is 2.20 bits per heavy atom. The number of para-hydroxylation sites is 1. The first-order chi connectivity index (χ1) is 9.62. The van der Waals surface area contributed by atoms with E-state index in [4.69, 9.17) is 4.74 Å². The third-order valence-corrected chi connectivity index (χ3v) is 3.65. The number of fused-ring (bicyclic) bond motifs is 2.